The maximum absolute atomic E-state index is 12.5. The van der Waals surface area contributed by atoms with Crippen LogP contribution in [0.5, 0.6) is 5.75 Å². The van der Waals surface area contributed by atoms with Crippen LogP contribution in [0, 0.1) is 0 Å². The summed E-state index contributed by atoms with van der Waals surface area (Å²) in [5, 5.41) is 8.57. The van der Waals surface area contributed by atoms with Crippen molar-refractivity contribution in [1.29, 1.82) is 0 Å². The number of anilines is 1. The number of carbonyl (C=O) groups is 2. The van der Waals surface area contributed by atoms with E-state index in [9.17, 15) is 9.59 Å². The highest BCUT2D eigenvalue weighted by atomic mass is 32.1. The number of rotatable bonds is 8. The van der Waals surface area contributed by atoms with Crippen LogP contribution in [0.1, 0.15) is 47.4 Å². The normalized spacial score (nSPS) is 10.1. The molecule has 28 heavy (non-hydrogen) atoms. The van der Waals surface area contributed by atoms with Gasteiger partial charge in [0.1, 0.15) is 5.75 Å². The first-order chi connectivity index (χ1) is 13.5. The monoisotopic (exact) mass is 399 g/mol. The van der Waals surface area contributed by atoms with E-state index in [-0.39, 0.29) is 16.9 Å². The molecule has 2 amide bonds. The summed E-state index contributed by atoms with van der Waals surface area (Å²) in [6.07, 6.45) is 1.73. The Morgan fingerprint density at radius 3 is 2.36 bits per heavy atom. The molecule has 2 rings (SSSR count). The zero-order valence-corrected chi connectivity index (χ0v) is 16.9. The Hall–Kier alpha value is -2.93. The van der Waals surface area contributed by atoms with E-state index in [0.29, 0.717) is 35.7 Å². The second-order valence-corrected chi connectivity index (χ2v) is 6.49. The van der Waals surface area contributed by atoms with Crippen molar-refractivity contribution in [2.75, 3.05) is 18.5 Å². The van der Waals surface area contributed by atoms with Crippen molar-refractivity contribution in [3.8, 4) is 5.75 Å². The smallest absolute Gasteiger partial charge is 0.261 e. The molecule has 0 atom stereocenters. The van der Waals surface area contributed by atoms with E-state index in [0.717, 1.165) is 12.8 Å². The first kappa shape index (κ1) is 21.4. The Labute approximate surface area is 170 Å². The van der Waals surface area contributed by atoms with Crippen LogP contribution in [0.25, 0.3) is 0 Å². The molecule has 0 aliphatic rings. The van der Waals surface area contributed by atoms with Gasteiger partial charge in [-0.2, -0.15) is 0 Å². The molecule has 2 aromatic carbocycles. The van der Waals surface area contributed by atoms with Gasteiger partial charge < -0.3 is 15.4 Å². The minimum Gasteiger partial charge on any atom is -0.493 e. The Balaban J connectivity index is 1.95. The molecule has 7 heteroatoms. The average Bonchev–Trinajstić information content (AvgIpc) is 2.71. The van der Waals surface area contributed by atoms with Gasteiger partial charge in [-0.25, -0.2) is 0 Å². The van der Waals surface area contributed by atoms with Gasteiger partial charge in [-0.1, -0.05) is 26.0 Å². The molecule has 0 aliphatic heterocycles. The highest BCUT2D eigenvalue weighted by Crippen LogP contribution is 2.18. The molecule has 0 aliphatic carbocycles. The van der Waals surface area contributed by atoms with E-state index in [1.807, 2.05) is 19.9 Å². The fourth-order valence-electron chi connectivity index (χ4n) is 2.37. The zero-order valence-electron chi connectivity index (χ0n) is 16.1. The van der Waals surface area contributed by atoms with Gasteiger partial charge in [0.15, 0.2) is 5.11 Å². The molecular formula is C21H25N3O3S. The third-order valence-electron chi connectivity index (χ3n) is 3.76. The summed E-state index contributed by atoms with van der Waals surface area (Å²) in [4.78, 5) is 24.4. The second-order valence-electron chi connectivity index (χ2n) is 6.09. The average molecular weight is 400 g/mol. The number of thiocarbonyl (C=S) groups is 1. The molecule has 0 fully saturated rings. The van der Waals surface area contributed by atoms with Crippen molar-refractivity contribution in [2.24, 2.45) is 0 Å². The first-order valence-corrected chi connectivity index (χ1v) is 9.68. The zero-order chi connectivity index (χ0) is 20.4. The fourth-order valence-corrected chi connectivity index (χ4v) is 2.58. The minimum atomic E-state index is -0.347. The van der Waals surface area contributed by atoms with Crippen LogP contribution in [-0.4, -0.2) is 30.1 Å². The van der Waals surface area contributed by atoms with Crippen LogP contribution in [-0.2, 0) is 0 Å². The molecular weight excluding hydrogens is 374 g/mol. The lowest BCUT2D eigenvalue weighted by atomic mass is 10.2. The minimum absolute atomic E-state index is 0.118. The van der Waals surface area contributed by atoms with Crippen molar-refractivity contribution in [2.45, 2.75) is 26.7 Å². The number of carbonyl (C=O) groups excluding carboxylic acids is 2. The fraction of sp³-hybridized carbons (Fsp3) is 0.286. The highest BCUT2D eigenvalue weighted by molar-refractivity contribution is 7.80. The van der Waals surface area contributed by atoms with Crippen LogP contribution in [0.2, 0.25) is 0 Å². The number of nitrogens with one attached hydrogen (secondary N) is 3. The number of hydrogen-bond donors (Lipinski definition) is 3. The quantitative estimate of drug-likeness (QED) is 0.589. The predicted molar refractivity (Wildman–Crippen MR) is 115 cm³/mol. The molecule has 0 bridgehead atoms. The summed E-state index contributed by atoms with van der Waals surface area (Å²) in [7, 11) is 0. The van der Waals surface area contributed by atoms with Crippen molar-refractivity contribution in [3.63, 3.8) is 0 Å². The van der Waals surface area contributed by atoms with E-state index in [4.69, 9.17) is 17.0 Å². The molecule has 2 aromatic rings. The van der Waals surface area contributed by atoms with Crippen LogP contribution in [0.4, 0.5) is 5.69 Å². The number of para-hydroxylation sites is 1. The molecule has 3 N–H and O–H groups in total. The molecule has 148 valence electrons. The van der Waals surface area contributed by atoms with Crippen LogP contribution in [0.15, 0.2) is 48.5 Å². The Kier molecular flexibility index (Phi) is 8.42. The standard InChI is InChI=1S/C21H25N3O3S/c1-3-13-22-19(25)15-9-11-16(12-10-15)23-21(28)24-20(26)17-7-5-6-8-18(17)27-14-4-2/h5-12H,3-4,13-14H2,1-2H3,(H,22,25)(H2,23,24,26,28). The van der Waals surface area contributed by atoms with Crippen LogP contribution >= 0.6 is 12.2 Å². The molecule has 0 unspecified atom stereocenters. The molecule has 0 aromatic heterocycles. The van der Waals surface area contributed by atoms with Crippen molar-refractivity contribution < 1.29 is 14.3 Å². The van der Waals surface area contributed by atoms with Crippen LogP contribution in [0.3, 0.4) is 0 Å². The lowest BCUT2D eigenvalue weighted by molar-refractivity contribution is 0.0950. The van der Waals surface area contributed by atoms with Gasteiger partial charge in [0, 0.05) is 17.8 Å². The topological polar surface area (TPSA) is 79.5 Å². The van der Waals surface area contributed by atoms with E-state index in [1.54, 1.807) is 42.5 Å². The first-order valence-electron chi connectivity index (χ1n) is 9.27. The summed E-state index contributed by atoms with van der Waals surface area (Å²) < 4.78 is 5.61. The molecule has 6 nitrogen and oxygen atoms in total. The number of ether oxygens (including phenoxy) is 1. The number of hydrogen-bond acceptors (Lipinski definition) is 4. The molecule has 0 spiro atoms. The second kappa shape index (κ2) is 11.0. The SMILES string of the molecule is CCCNC(=O)c1ccc(NC(=S)NC(=O)c2ccccc2OCCC)cc1. The van der Waals surface area contributed by atoms with E-state index in [1.165, 1.54) is 0 Å². The Morgan fingerprint density at radius 1 is 0.964 bits per heavy atom. The van der Waals surface area contributed by atoms with Crippen LogP contribution < -0.4 is 20.7 Å². The molecule has 0 saturated carbocycles. The van der Waals surface area contributed by atoms with Gasteiger partial charge in [-0.15, -0.1) is 0 Å². The van der Waals surface area contributed by atoms with E-state index in [2.05, 4.69) is 16.0 Å². The molecule has 0 saturated heterocycles. The Morgan fingerprint density at radius 2 is 1.68 bits per heavy atom. The van der Waals surface area contributed by atoms with Crippen molar-refractivity contribution in [1.82, 2.24) is 10.6 Å². The largest absolute Gasteiger partial charge is 0.493 e. The Bertz CT molecular complexity index is 822. The molecule has 0 radical (unpaired) electrons. The number of amides is 2. The summed E-state index contributed by atoms with van der Waals surface area (Å²) in [5.74, 6) is 0.0554. The van der Waals surface area contributed by atoms with Gasteiger partial charge in [0.05, 0.1) is 12.2 Å². The van der Waals surface area contributed by atoms with Crippen molar-refractivity contribution in [3.05, 3.63) is 59.7 Å². The van der Waals surface area contributed by atoms with Gasteiger partial charge >= 0.3 is 0 Å². The summed E-state index contributed by atoms with van der Waals surface area (Å²) in [6.45, 7) is 5.17. The van der Waals surface area contributed by atoms with Gasteiger partial charge in [-0.05, 0) is 61.5 Å². The van der Waals surface area contributed by atoms with Gasteiger partial charge in [0.2, 0.25) is 0 Å². The van der Waals surface area contributed by atoms with Gasteiger partial charge in [-0.3, -0.25) is 14.9 Å². The maximum Gasteiger partial charge on any atom is 0.261 e. The molecule has 0 heterocycles. The summed E-state index contributed by atoms with van der Waals surface area (Å²) in [6, 6.07) is 13.9. The highest BCUT2D eigenvalue weighted by Gasteiger charge is 2.13. The third-order valence-corrected chi connectivity index (χ3v) is 3.97. The maximum atomic E-state index is 12.5. The van der Waals surface area contributed by atoms with E-state index >= 15 is 0 Å². The van der Waals surface area contributed by atoms with Crippen molar-refractivity contribution >= 4 is 34.8 Å². The predicted octanol–water partition coefficient (Wildman–Crippen LogP) is 3.74. The lowest BCUT2D eigenvalue weighted by Gasteiger charge is -2.13. The summed E-state index contributed by atoms with van der Waals surface area (Å²) >= 11 is 5.22. The third kappa shape index (κ3) is 6.35. The number of benzene rings is 2. The van der Waals surface area contributed by atoms with E-state index < -0.39 is 0 Å². The lowest BCUT2D eigenvalue weighted by Crippen LogP contribution is -2.34. The summed E-state index contributed by atoms with van der Waals surface area (Å²) in [5.41, 5.74) is 1.66. The van der Waals surface area contributed by atoms with Gasteiger partial charge in [0.25, 0.3) is 11.8 Å².